The Kier molecular flexibility index (Phi) is 6.12. The smallest absolute Gasteiger partial charge is 0.329 e. The van der Waals surface area contributed by atoms with Crippen molar-refractivity contribution in [2.24, 2.45) is 0 Å². The van der Waals surface area contributed by atoms with Gasteiger partial charge in [0.2, 0.25) is 11.8 Å². The predicted octanol–water partition coefficient (Wildman–Crippen LogP) is 2.13. The molecule has 0 radical (unpaired) electrons. The number of hydrogen-bond donors (Lipinski definition) is 3. The lowest BCUT2D eigenvalue weighted by molar-refractivity contribution is -0.156. The van der Waals surface area contributed by atoms with Gasteiger partial charge in [-0.25, -0.2) is 4.79 Å². The quantitative estimate of drug-likeness (QED) is 0.499. The van der Waals surface area contributed by atoms with Crippen molar-refractivity contribution >= 4 is 46.0 Å². The van der Waals surface area contributed by atoms with Crippen LogP contribution in [0.25, 0.3) is 10.9 Å². The van der Waals surface area contributed by atoms with Gasteiger partial charge in [-0.3, -0.25) is 19.3 Å². The first-order valence-electron chi connectivity index (χ1n) is 10.6. The van der Waals surface area contributed by atoms with Gasteiger partial charge in [-0.15, -0.1) is 0 Å². The minimum atomic E-state index is -1.16. The van der Waals surface area contributed by atoms with E-state index in [-0.39, 0.29) is 18.9 Å². The fourth-order valence-corrected chi connectivity index (χ4v) is 3.92. The summed E-state index contributed by atoms with van der Waals surface area (Å²) in [4.78, 5) is 54.2. The zero-order valence-electron chi connectivity index (χ0n) is 18.3. The van der Waals surface area contributed by atoms with Crippen molar-refractivity contribution in [2.75, 3.05) is 16.8 Å². The Morgan fingerprint density at radius 2 is 1.85 bits per heavy atom. The molecule has 0 saturated heterocycles. The van der Waals surface area contributed by atoms with Crippen LogP contribution in [0.4, 0.5) is 11.4 Å². The number of carbonyl (C=O) groups is 4. The summed E-state index contributed by atoms with van der Waals surface area (Å²) < 4.78 is 5.45. The number of benzene rings is 2. The van der Waals surface area contributed by atoms with Crippen LogP contribution >= 0.6 is 0 Å². The van der Waals surface area contributed by atoms with Crippen LogP contribution in [0.3, 0.4) is 0 Å². The van der Waals surface area contributed by atoms with E-state index in [1.165, 1.54) is 18.7 Å². The van der Waals surface area contributed by atoms with Crippen LogP contribution in [0, 0.1) is 0 Å². The summed E-state index contributed by atoms with van der Waals surface area (Å²) in [6.45, 7) is 2.58. The van der Waals surface area contributed by atoms with Crippen LogP contribution in [0.15, 0.2) is 54.7 Å². The summed E-state index contributed by atoms with van der Waals surface area (Å²) in [5.41, 5.74) is 2.79. The Labute approximate surface area is 190 Å². The molecule has 3 N–H and O–H groups in total. The number of hydrogen-bond acceptors (Lipinski definition) is 5. The Hall–Kier alpha value is -4.14. The largest absolute Gasteiger partial charge is 0.451 e. The summed E-state index contributed by atoms with van der Waals surface area (Å²) in [5.74, 6) is -1.99. The topological polar surface area (TPSA) is 121 Å². The Morgan fingerprint density at radius 1 is 1.12 bits per heavy atom. The molecule has 0 fully saturated rings. The van der Waals surface area contributed by atoms with Crippen molar-refractivity contribution in [3.63, 3.8) is 0 Å². The summed E-state index contributed by atoms with van der Waals surface area (Å²) in [7, 11) is 0. The molecular weight excluding hydrogens is 424 g/mol. The molecule has 4 rings (SSSR count). The van der Waals surface area contributed by atoms with E-state index in [2.05, 4.69) is 15.6 Å². The minimum Gasteiger partial charge on any atom is -0.451 e. The maximum Gasteiger partial charge on any atom is 0.329 e. The zero-order chi connectivity index (χ0) is 23.5. The summed E-state index contributed by atoms with van der Waals surface area (Å²) in [6.07, 6.45) is 0.818. The molecule has 170 valence electrons. The number of H-pyrrole nitrogens is 1. The normalized spacial score (nSPS) is 14.7. The van der Waals surface area contributed by atoms with Crippen LogP contribution in [-0.4, -0.2) is 47.4 Å². The minimum absolute atomic E-state index is 0.178. The molecule has 1 aliphatic heterocycles. The van der Waals surface area contributed by atoms with Gasteiger partial charge in [-0.05, 0) is 30.7 Å². The highest BCUT2D eigenvalue weighted by molar-refractivity contribution is 6.11. The SMILES string of the molecule is CC(=O)N[C@H](Cc1c[nH]c2ccccc12)C(=O)O[C@@H](C)C(=O)N1CC(=O)Nc2ccccc21. The second-order valence-electron chi connectivity index (χ2n) is 7.89. The number of esters is 1. The van der Waals surface area contributed by atoms with Crippen molar-refractivity contribution < 1.29 is 23.9 Å². The van der Waals surface area contributed by atoms with Crippen molar-refractivity contribution in [3.8, 4) is 0 Å². The molecule has 2 atom stereocenters. The lowest BCUT2D eigenvalue weighted by Gasteiger charge is -2.31. The average molecular weight is 448 g/mol. The molecule has 1 aliphatic rings. The molecule has 0 bridgehead atoms. The molecule has 0 spiro atoms. The number of para-hydroxylation sites is 3. The molecule has 0 aliphatic carbocycles. The fourth-order valence-electron chi connectivity index (χ4n) is 3.92. The molecule has 9 nitrogen and oxygen atoms in total. The average Bonchev–Trinajstić information content (AvgIpc) is 3.20. The lowest BCUT2D eigenvalue weighted by atomic mass is 10.0. The van der Waals surface area contributed by atoms with Gasteiger partial charge < -0.3 is 20.4 Å². The van der Waals surface area contributed by atoms with E-state index in [0.29, 0.717) is 11.4 Å². The van der Waals surface area contributed by atoms with Gasteiger partial charge in [-0.2, -0.15) is 0 Å². The van der Waals surface area contributed by atoms with Crippen LogP contribution in [0.5, 0.6) is 0 Å². The summed E-state index contributed by atoms with van der Waals surface area (Å²) in [5, 5.41) is 6.26. The molecule has 1 aromatic heterocycles. The van der Waals surface area contributed by atoms with Crippen molar-refractivity contribution in [3.05, 3.63) is 60.3 Å². The van der Waals surface area contributed by atoms with E-state index in [0.717, 1.165) is 16.5 Å². The number of rotatable bonds is 6. The van der Waals surface area contributed by atoms with Crippen LogP contribution in [0.2, 0.25) is 0 Å². The first kappa shape index (κ1) is 22.1. The van der Waals surface area contributed by atoms with Gasteiger partial charge in [0.1, 0.15) is 12.6 Å². The van der Waals surface area contributed by atoms with E-state index in [1.807, 2.05) is 24.3 Å². The molecule has 0 unspecified atom stereocenters. The number of nitrogens with zero attached hydrogens (tertiary/aromatic N) is 1. The lowest BCUT2D eigenvalue weighted by Crippen LogP contribution is -2.49. The number of ether oxygens (including phenoxy) is 1. The first-order chi connectivity index (χ1) is 15.8. The van der Waals surface area contributed by atoms with Gasteiger partial charge >= 0.3 is 5.97 Å². The summed E-state index contributed by atoms with van der Waals surface area (Å²) >= 11 is 0. The summed E-state index contributed by atoms with van der Waals surface area (Å²) in [6, 6.07) is 13.5. The van der Waals surface area contributed by atoms with Crippen molar-refractivity contribution in [1.29, 1.82) is 0 Å². The highest BCUT2D eigenvalue weighted by Gasteiger charge is 2.33. The monoisotopic (exact) mass is 448 g/mol. The molecule has 0 saturated carbocycles. The number of carbonyl (C=O) groups excluding carboxylic acids is 4. The third-order valence-electron chi connectivity index (χ3n) is 5.44. The second kappa shape index (κ2) is 9.15. The van der Waals surface area contributed by atoms with Gasteiger partial charge in [0.15, 0.2) is 6.10 Å². The van der Waals surface area contributed by atoms with E-state index >= 15 is 0 Å². The third kappa shape index (κ3) is 4.72. The molecular formula is C24H24N4O5. The second-order valence-corrected chi connectivity index (χ2v) is 7.89. The van der Waals surface area contributed by atoms with Crippen LogP contribution < -0.4 is 15.5 Å². The maximum absolute atomic E-state index is 13.1. The van der Waals surface area contributed by atoms with E-state index < -0.39 is 29.9 Å². The molecule has 2 aromatic carbocycles. The number of nitrogens with one attached hydrogen (secondary N) is 3. The van der Waals surface area contributed by atoms with E-state index in [9.17, 15) is 19.2 Å². The number of aromatic nitrogens is 1. The molecule has 33 heavy (non-hydrogen) atoms. The first-order valence-corrected chi connectivity index (χ1v) is 10.6. The van der Waals surface area contributed by atoms with E-state index in [1.54, 1.807) is 30.5 Å². The number of fused-ring (bicyclic) bond motifs is 2. The maximum atomic E-state index is 13.1. The molecule has 3 aromatic rings. The number of amides is 3. The standard InChI is InChI=1S/C24H24N4O5/c1-14(23(31)28-13-22(30)27-19-9-5-6-10-21(19)28)33-24(32)20(26-15(2)29)11-16-12-25-18-8-4-3-7-17(16)18/h3-10,12,14,20,25H,11,13H2,1-2H3,(H,26,29)(H,27,30)/t14-,20+/m0/s1. The molecule has 2 heterocycles. The van der Waals surface area contributed by atoms with Crippen molar-refractivity contribution in [2.45, 2.75) is 32.4 Å². The Bertz CT molecular complexity index is 1230. The predicted molar refractivity (Wildman–Crippen MR) is 123 cm³/mol. The molecule has 9 heteroatoms. The van der Waals surface area contributed by atoms with E-state index in [4.69, 9.17) is 4.74 Å². The number of anilines is 2. The van der Waals surface area contributed by atoms with Crippen molar-refractivity contribution in [1.82, 2.24) is 10.3 Å². The molecule has 3 amide bonds. The number of aromatic amines is 1. The zero-order valence-corrected chi connectivity index (χ0v) is 18.3. The van der Waals surface area contributed by atoms with Crippen LogP contribution in [-0.2, 0) is 30.3 Å². The van der Waals surface area contributed by atoms with Gasteiger partial charge in [0, 0.05) is 30.4 Å². The fraction of sp³-hybridized carbons (Fsp3) is 0.250. The van der Waals surface area contributed by atoms with Crippen LogP contribution in [0.1, 0.15) is 19.4 Å². The van der Waals surface area contributed by atoms with Gasteiger partial charge in [0.05, 0.1) is 11.4 Å². The van der Waals surface area contributed by atoms with Gasteiger partial charge in [-0.1, -0.05) is 30.3 Å². The highest BCUT2D eigenvalue weighted by atomic mass is 16.5. The third-order valence-corrected chi connectivity index (χ3v) is 5.44. The van der Waals surface area contributed by atoms with Gasteiger partial charge in [0.25, 0.3) is 5.91 Å². The highest BCUT2D eigenvalue weighted by Crippen LogP contribution is 2.29. The Balaban J connectivity index is 1.50. The Morgan fingerprint density at radius 3 is 2.64 bits per heavy atom.